The lowest BCUT2D eigenvalue weighted by molar-refractivity contribution is 0.112. The number of carbonyl (C=O) groups excluding carboxylic acids is 1. The molecule has 2 aromatic heterocycles. The van der Waals surface area contributed by atoms with Crippen molar-refractivity contribution in [3.63, 3.8) is 0 Å². The highest BCUT2D eigenvalue weighted by molar-refractivity contribution is 6.02. The molecule has 0 aliphatic carbocycles. The van der Waals surface area contributed by atoms with Gasteiger partial charge in [0, 0.05) is 53.4 Å². The summed E-state index contributed by atoms with van der Waals surface area (Å²) in [6.45, 7) is 2.72. The van der Waals surface area contributed by atoms with Crippen LogP contribution in [0.4, 0.5) is 11.4 Å². The van der Waals surface area contributed by atoms with Gasteiger partial charge < -0.3 is 19.6 Å². The number of nitrogens with zero attached hydrogens (tertiary/aromatic N) is 1. The van der Waals surface area contributed by atoms with E-state index in [-0.39, 0.29) is 5.56 Å². The van der Waals surface area contributed by atoms with Crippen molar-refractivity contribution in [3.05, 3.63) is 69.2 Å². The summed E-state index contributed by atoms with van der Waals surface area (Å²) >= 11 is 0. The number of hydrogen-bond donors (Lipinski definition) is 2. The minimum absolute atomic E-state index is 0.0760. The van der Waals surface area contributed by atoms with Gasteiger partial charge in [0.25, 0.3) is 0 Å². The zero-order valence-electron chi connectivity index (χ0n) is 17.9. The van der Waals surface area contributed by atoms with Gasteiger partial charge in [0.15, 0.2) is 6.29 Å². The summed E-state index contributed by atoms with van der Waals surface area (Å²) in [6.07, 6.45) is 7.51. The lowest BCUT2D eigenvalue weighted by Crippen LogP contribution is -2.34. The number of nitrogens with one attached hydrogen (secondary N) is 2. The number of aldehydes is 1. The Bertz CT molecular complexity index is 1410. The van der Waals surface area contributed by atoms with Gasteiger partial charge in [0.2, 0.25) is 0 Å². The zero-order valence-corrected chi connectivity index (χ0v) is 17.9. The summed E-state index contributed by atoms with van der Waals surface area (Å²) < 4.78 is 5.75. The van der Waals surface area contributed by atoms with Gasteiger partial charge in [-0.25, -0.2) is 4.79 Å². The Morgan fingerprint density at radius 3 is 2.84 bits per heavy atom. The van der Waals surface area contributed by atoms with Crippen LogP contribution in [0, 0.1) is 0 Å². The molecule has 0 atom stereocenters. The highest BCUT2D eigenvalue weighted by Crippen LogP contribution is 2.41. The minimum Gasteiger partial charge on any atom is -0.422 e. The molecule has 4 heterocycles. The average Bonchev–Trinajstić information content (AvgIpc) is 3.23. The van der Waals surface area contributed by atoms with E-state index in [4.69, 9.17) is 4.42 Å². The maximum atomic E-state index is 12.7. The fourth-order valence-corrected chi connectivity index (χ4v) is 5.49. The second-order valence-corrected chi connectivity index (χ2v) is 8.77. The van der Waals surface area contributed by atoms with Gasteiger partial charge in [-0.2, -0.15) is 0 Å². The normalized spacial score (nSPS) is 15.2. The molecule has 162 valence electrons. The van der Waals surface area contributed by atoms with E-state index in [0.717, 1.165) is 61.7 Å². The SMILES string of the molecule is O=Cc1c(NCCc2c[nH]c3ccccc23)c2cc3c4c(c2oc1=O)CCCN4CCC3. The molecule has 0 spiro atoms. The first-order valence-electron chi connectivity index (χ1n) is 11.4. The van der Waals surface area contributed by atoms with Crippen LogP contribution in [0.2, 0.25) is 0 Å². The third-order valence-electron chi connectivity index (χ3n) is 6.91. The van der Waals surface area contributed by atoms with Crippen LogP contribution in [0.1, 0.15) is 39.9 Å². The number of rotatable bonds is 5. The Labute approximate surface area is 185 Å². The number of aromatic amines is 1. The lowest BCUT2D eigenvalue weighted by atomic mass is 9.89. The summed E-state index contributed by atoms with van der Waals surface area (Å²) in [7, 11) is 0. The molecule has 2 aliphatic heterocycles. The predicted molar refractivity (Wildman–Crippen MR) is 127 cm³/mol. The van der Waals surface area contributed by atoms with E-state index < -0.39 is 5.63 Å². The Balaban J connectivity index is 1.42. The molecule has 0 amide bonds. The largest absolute Gasteiger partial charge is 0.422 e. The number of anilines is 2. The first kappa shape index (κ1) is 19.2. The second kappa shape index (κ2) is 7.55. The van der Waals surface area contributed by atoms with Crippen LogP contribution in [-0.4, -0.2) is 30.9 Å². The highest BCUT2D eigenvalue weighted by Gasteiger charge is 2.28. The fourth-order valence-electron chi connectivity index (χ4n) is 5.49. The number of aromatic nitrogens is 1. The lowest BCUT2D eigenvalue weighted by Gasteiger charge is -2.37. The monoisotopic (exact) mass is 427 g/mol. The van der Waals surface area contributed by atoms with Crippen LogP contribution < -0.4 is 15.8 Å². The molecular weight excluding hydrogens is 402 g/mol. The predicted octanol–water partition coefficient (Wildman–Crippen LogP) is 4.44. The van der Waals surface area contributed by atoms with Gasteiger partial charge in [0.1, 0.15) is 11.1 Å². The summed E-state index contributed by atoms with van der Waals surface area (Å²) in [5.74, 6) is 0. The van der Waals surface area contributed by atoms with Crippen molar-refractivity contribution in [2.24, 2.45) is 0 Å². The third kappa shape index (κ3) is 2.93. The van der Waals surface area contributed by atoms with Gasteiger partial charge in [-0.1, -0.05) is 18.2 Å². The van der Waals surface area contributed by atoms with Crippen LogP contribution >= 0.6 is 0 Å². The molecule has 0 saturated carbocycles. The van der Waals surface area contributed by atoms with E-state index in [2.05, 4.69) is 33.4 Å². The smallest absolute Gasteiger partial charge is 0.349 e. The second-order valence-electron chi connectivity index (χ2n) is 8.77. The highest BCUT2D eigenvalue weighted by atomic mass is 16.4. The van der Waals surface area contributed by atoms with E-state index in [1.165, 1.54) is 22.2 Å². The van der Waals surface area contributed by atoms with E-state index in [0.29, 0.717) is 24.1 Å². The molecule has 2 N–H and O–H groups in total. The molecule has 6 heteroatoms. The van der Waals surface area contributed by atoms with Crippen molar-refractivity contribution < 1.29 is 9.21 Å². The molecule has 0 bridgehead atoms. The Morgan fingerprint density at radius 1 is 1.12 bits per heavy atom. The molecular formula is C26H25N3O3. The van der Waals surface area contributed by atoms with E-state index in [9.17, 15) is 9.59 Å². The first-order chi connectivity index (χ1) is 15.7. The van der Waals surface area contributed by atoms with Crippen LogP contribution in [0.25, 0.3) is 21.9 Å². The number of hydrogen-bond acceptors (Lipinski definition) is 5. The van der Waals surface area contributed by atoms with Crippen molar-refractivity contribution in [2.75, 3.05) is 29.9 Å². The molecule has 0 fully saturated rings. The molecule has 0 radical (unpaired) electrons. The topological polar surface area (TPSA) is 78.3 Å². The molecule has 4 aromatic rings. The number of aryl methyl sites for hydroxylation is 2. The summed E-state index contributed by atoms with van der Waals surface area (Å²) in [4.78, 5) is 30.3. The molecule has 2 aromatic carbocycles. The summed E-state index contributed by atoms with van der Waals surface area (Å²) in [5.41, 5.74) is 6.74. The summed E-state index contributed by atoms with van der Waals surface area (Å²) in [5, 5.41) is 5.47. The van der Waals surface area contributed by atoms with Crippen molar-refractivity contribution in [3.8, 4) is 0 Å². The molecule has 6 rings (SSSR count). The summed E-state index contributed by atoms with van der Waals surface area (Å²) in [6, 6.07) is 10.3. The Kier molecular flexibility index (Phi) is 4.52. The average molecular weight is 428 g/mol. The van der Waals surface area contributed by atoms with E-state index in [1.807, 2.05) is 18.3 Å². The molecule has 0 unspecified atom stereocenters. The van der Waals surface area contributed by atoms with Crippen molar-refractivity contribution in [1.82, 2.24) is 4.98 Å². The van der Waals surface area contributed by atoms with Crippen LogP contribution in [0.3, 0.4) is 0 Å². The van der Waals surface area contributed by atoms with Gasteiger partial charge >= 0.3 is 5.63 Å². The van der Waals surface area contributed by atoms with Crippen LogP contribution in [0.5, 0.6) is 0 Å². The first-order valence-corrected chi connectivity index (χ1v) is 11.4. The third-order valence-corrected chi connectivity index (χ3v) is 6.91. The fraction of sp³-hybridized carbons (Fsp3) is 0.308. The number of carbonyl (C=O) groups is 1. The number of fused-ring (bicyclic) bond motifs is 3. The van der Waals surface area contributed by atoms with Gasteiger partial charge in [-0.3, -0.25) is 4.79 Å². The maximum Gasteiger partial charge on any atom is 0.349 e. The molecule has 32 heavy (non-hydrogen) atoms. The van der Waals surface area contributed by atoms with E-state index in [1.54, 1.807) is 0 Å². The number of benzene rings is 2. The minimum atomic E-state index is -0.564. The quantitative estimate of drug-likeness (QED) is 0.364. The number of para-hydroxylation sites is 1. The van der Waals surface area contributed by atoms with Crippen LogP contribution in [0.15, 0.2) is 45.7 Å². The molecule has 2 aliphatic rings. The molecule has 6 nitrogen and oxygen atoms in total. The van der Waals surface area contributed by atoms with Crippen LogP contribution in [-0.2, 0) is 19.3 Å². The van der Waals surface area contributed by atoms with Crippen molar-refractivity contribution in [2.45, 2.75) is 32.1 Å². The van der Waals surface area contributed by atoms with E-state index >= 15 is 0 Å². The standard InChI is InChI=1S/C26H25N3O3/c30-15-21-23(27-10-9-17-14-28-22-8-2-1-6-18(17)22)20-13-16-5-3-11-29-12-4-7-19(24(16)29)25(20)32-26(21)31/h1-2,6,8,13-15,27-28H,3-5,7,9-12H2. The van der Waals surface area contributed by atoms with Crippen molar-refractivity contribution in [1.29, 1.82) is 0 Å². The van der Waals surface area contributed by atoms with Gasteiger partial charge in [-0.05, 0) is 55.4 Å². The maximum absolute atomic E-state index is 12.7. The van der Waals surface area contributed by atoms with Gasteiger partial charge in [-0.15, -0.1) is 0 Å². The van der Waals surface area contributed by atoms with Crippen molar-refractivity contribution >= 4 is 39.5 Å². The number of H-pyrrole nitrogens is 1. The Morgan fingerprint density at radius 2 is 1.97 bits per heavy atom. The zero-order chi connectivity index (χ0) is 21.7. The molecule has 0 saturated heterocycles. The van der Waals surface area contributed by atoms with Gasteiger partial charge in [0.05, 0.1) is 5.69 Å². The Hall–Kier alpha value is -3.54.